The highest BCUT2D eigenvalue weighted by Gasteiger charge is 2.30. The molecule has 0 spiro atoms. The highest BCUT2D eigenvalue weighted by molar-refractivity contribution is 8.03. The van der Waals surface area contributed by atoms with Crippen molar-refractivity contribution in [1.82, 2.24) is 5.32 Å². The number of benzene rings is 3. The summed E-state index contributed by atoms with van der Waals surface area (Å²) in [5, 5.41) is 15.9. The first-order chi connectivity index (χ1) is 17.0. The molecule has 4 rings (SSSR count). The lowest BCUT2D eigenvalue weighted by atomic mass is 9.87. The zero-order valence-corrected chi connectivity index (χ0v) is 20.1. The van der Waals surface area contributed by atoms with E-state index in [9.17, 15) is 14.9 Å². The van der Waals surface area contributed by atoms with Crippen LogP contribution >= 0.6 is 11.8 Å². The SMILES string of the molecule is Cc1cccc(NC(=O)CSC2=C(C#N)C(c3ccc(OCc4ccccc4)cc3)CC(=O)N2)c1. The van der Waals surface area contributed by atoms with Crippen molar-refractivity contribution in [3.05, 3.63) is 106 Å². The standard InChI is InChI=1S/C28H25N3O3S/c1-19-6-5-9-22(14-19)30-27(33)18-35-28-25(16-29)24(15-26(32)31-28)21-10-12-23(13-11-21)34-17-20-7-3-2-4-8-20/h2-14,24H,15,17-18H2,1H3,(H,30,33)(H,31,32). The molecule has 0 saturated heterocycles. The van der Waals surface area contributed by atoms with Crippen LogP contribution < -0.4 is 15.4 Å². The molecule has 1 aliphatic heterocycles. The van der Waals surface area contributed by atoms with E-state index in [-0.39, 0.29) is 29.9 Å². The third-order valence-electron chi connectivity index (χ3n) is 5.54. The lowest BCUT2D eigenvalue weighted by molar-refractivity contribution is -0.121. The number of nitriles is 1. The average Bonchev–Trinajstić information content (AvgIpc) is 2.87. The number of hydrogen-bond donors (Lipinski definition) is 2. The van der Waals surface area contributed by atoms with E-state index in [4.69, 9.17) is 4.74 Å². The first-order valence-electron chi connectivity index (χ1n) is 11.2. The van der Waals surface area contributed by atoms with Crippen LogP contribution in [0.15, 0.2) is 89.5 Å². The van der Waals surface area contributed by atoms with Crippen molar-refractivity contribution in [3.8, 4) is 11.8 Å². The molecule has 0 aliphatic carbocycles. The third kappa shape index (κ3) is 6.52. The van der Waals surface area contributed by atoms with Crippen LogP contribution in [0, 0.1) is 18.3 Å². The summed E-state index contributed by atoms with van der Waals surface area (Å²) in [7, 11) is 0. The van der Waals surface area contributed by atoms with E-state index >= 15 is 0 Å². The summed E-state index contributed by atoms with van der Waals surface area (Å²) < 4.78 is 5.85. The van der Waals surface area contributed by atoms with E-state index in [0.717, 1.165) is 28.5 Å². The summed E-state index contributed by atoms with van der Waals surface area (Å²) in [6.07, 6.45) is 0.173. The Bertz CT molecular complexity index is 1280. The van der Waals surface area contributed by atoms with Gasteiger partial charge in [0.15, 0.2) is 0 Å². The van der Waals surface area contributed by atoms with Gasteiger partial charge in [0.05, 0.1) is 22.4 Å². The topological polar surface area (TPSA) is 91.2 Å². The lowest BCUT2D eigenvalue weighted by Crippen LogP contribution is -2.31. The molecule has 0 fully saturated rings. The molecule has 7 heteroatoms. The minimum Gasteiger partial charge on any atom is -0.489 e. The zero-order valence-electron chi connectivity index (χ0n) is 19.3. The van der Waals surface area contributed by atoms with Crippen molar-refractivity contribution in [2.24, 2.45) is 0 Å². The maximum atomic E-state index is 12.4. The molecule has 1 aliphatic rings. The van der Waals surface area contributed by atoms with Gasteiger partial charge >= 0.3 is 0 Å². The predicted octanol–water partition coefficient (Wildman–Crippen LogP) is 5.28. The van der Waals surface area contributed by atoms with Gasteiger partial charge in [0, 0.05) is 18.0 Å². The Hall–Kier alpha value is -4.02. The Kier molecular flexibility index (Phi) is 7.86. The lowest BCUT2D eigenvalue weighted by Gasteiger charge is -2.25. The Balaban J connectivity index is 1.43. The second-order valence-electron chi connectivity index (χ2n) is 8.21. The van der Waals surface area contributed by atoms with Crippen LogP contribution in [0.1, 0.15) is 29.0 Å². The van der Waals surface area contributed by atoms with E-state index in [1.165, 1.54) is 0 Å². The van der Waals surface area contributed by atoms with Crippen molar-refractivity contribution in [2.75, 3.05) is 11.1 Å². The van der Waals surface area contributed by atoms with Crippen molar-refractivity contribution in [3.63, 3.8) is 0 Å². The normalized spacial score (nSPS) is 15.2. The predicted molar refractivity (Wildman–Crippen MR) is 138 cm³/mol. The monoisotopic (exact) mass is 483 g/mol. The van der Waals surface area contributed by atoms with Crippen LogP contribution in [0.4, 0.5) is 5.69 Å². The fourth-order valence-corrected chi connectivity index (χ4v) is 4.69. The van der Waals surface area contributed by atoms with Gasteiger partial charge < -0.3 is 15.4 Å². The van der Waals surface area contributed by atoms with Crippen molar-refractivity contribution >= 4 is 29.3 Å². The molecule has 0 bridgehead atoms. The Morgan fingerprint density at radius 1 is 1.11 bits per heavy atom. The van der Waals surface area contributed by atoms with Crippen LogP contribution in [0.3, 0.4) is 0 Å². The minimum absolute atomic E-state index is 0.0771. The number of carbonyl (C=O) groups excluding carboxylic acids is 2. The third-order valence-corrected chi connectivity index (χ3v) is 6.55. The Labute approximate surface area is 209 Å². The van der Waals surface area contributed by atoms with E-state index in [1.807, 2.05) is 85.8 Å². The summed E-state index contributed by atoms with van der Waals surface area (Å²) in [6, 6.07) is 27.1. The fourth-order valence-electron chi connectivity index (χ4n) is 3.81. The zero-order chi connectivity index (χ0) is 24.6. The molecule has 1 unspecified atom stereocenters. The highest BCUT2D eigenvalue weighted by atomic mass is 32.2. The number of ether oxygens (including phenoxy) is 1. The molecule has 2 amide bonds. The Morgan fingerprint density at radius 2 is 1.89 bits per heavy atom. The largest absolute Gasteiger partial charge is 0.489 e. The summed E-state index contributed by atoms with van der Waals surface area (Å²) >= 11 is 1.16. The quantitative estimate of drug-likeness (QED) is 0.455. The number of aryl methyl sites for hydroxylation is 1. The molecule has 0 radical (unpaired) electrons. The van der Waals surface area contributed by atoms with Gasteiger partial charge in [0.25, 0.3) is 0 Å². The number of hydrogen-bond acceptors (Lipinski definition) is 5. The van der Waals surface area contributed by atoms with E-state index < -0.39 is 0 Å². The van der Waals surface area contributed by atoms with Crippen molar-refractivity contribution in [1.29, 1.82) is 5.26 Å². The van der Waals surface area contributed by atoms with Crippen LogP contribution in [0.5, 0.6) is 5.75 Å². The first-order valence-corrected chi connectivity index (χ1v) is 12.2. The van der Waals surface area contributed by atoms with Gasteiger partial charge in [-0.1, -0.05) is 66.4 Å². The van der Waals surface area contributed by atoms with Crippen molar-refractivity contribution < 1.29 is 14.3 Å². The van der Waals surface area contributed by atoms with Gasteiger partial charge in [-0.25, -0.2) is 0 Å². The molecule has 2 N–H and O–H groups in total. The second-order valence-corrected chi connectivity index (χ2v) is 9.19. The number of thioether (sulfide) groups is 1. The van der Waals surface area contributed by atoms with E-state index in [0.29, 0.717) is 28.6 Å². The summed E-state index contributed by atoms with van der Waals surface area (Å²) in [5.74, 6) is 0.0250. The highest BCUT2D eigenvalue weighted by Crippen LogP contribution is 2.36. The number of amides is 2. The van der Waals surface area contributed by atoms with Gasteiger partial charge in [0.2, 0.25) is 11.8 Å². The maximum Gasteiger partial charge on any atom is 0.234 e. The molecule has 1 heterocycles. The van der Waals surface area contributed by atoms with Gasteiger partial charge in [-0.05, 0) is 47.9 Å². The van der Waals surface area contributed by atoms with Gasteiger partial charge in [-0.2, -0.15) is 5.26 Å². The maximum absolute atomic E-state index is 12.4. The molecular formula is C28H25N3O3S. The average molecular weight is 484 g/mol. The van der Waals surface area contributed by atoms with Gasteiger partial charge in [0.1, 0.15) is 12.4 Å². The number of anilines is 1. The Morgan fingerprint density at radius 3 is 2.60 bits per heavy atom. The number of allylic oxidation sites excluding steroid dienone is 1. The first kappa shape index (κ1) is 24.1. The van der Waals surface area contributed by atoms with Crippen molar-refractivity contribution in [2.45, 2.75) is 25.9 Å². The molecule has 35 heavy (non-hydrogen) atoms. The smallest absolute Gasteiger partial charge is 0.234 e. The fraction of sp³-hybridized carbons (Fsp3) is 0.179. The van der Waals surface area contributed by atoms with E-state index in [1.54, 1.807) is 0 Å². The molecular weight excluding hydrogens is 458 g/mol. The number of nitrogens with one attached hydrogen (secondary N) is 2. The van der Waals surface area contributed by atoms with Gasteiger partial charge in [-0.3, -0.25) is 9.59 Å². The molecule has 3 aromatic carbocycles. The summed E-state index contributed by atoms with van der Waals surface area (Å²) in [4.78, 5) is 24.9. The molecule has 0 aromatic heterocycles. The number of rotatable bonds is 8. The van der Waals surface area contributed by atoms with Crippen LogP contribution in [0.2, 0.25) is 0 Å². The molecule has 6 nitrogen and oxygen atoms in total. The molecule has 1 atom stereocenters. The molecule has 3 aromatic rings. The van der Waals surface area contributed by atoms with Gasteiger partial charge in [-0.15, -0.1) is 0 Å². The second kappa shape index (κ2) is 11.4. The van der Waals surface area contributed by atoms with E-state index in [2.05, 4.69) is 16.7 Å². The van der Waals surface area contributed by atoms with Crippen LogP contribution in [-0.2, 0) is 16.2 Å². The molecule has 176 valence electrons. The van der Waals surface area contributed by atoms with Crippen LogP contribution in [0.25, 0.3) is 0 Å². The number of carbonyl (C=O) groups is 2. The molecule has 0 saturated carbocycles. The number of nitrogens with zero attached hydrogens (tertiary/aromatic N) is 1. The summed E-state index contributed by atoms with van der Waals surface area (Å²) in [6.45, 7) is 2.41. The van der Waals surface area contributed by atoms with Crippen LogP contribution in [-0.4, -0.2) is 17.6 Å². The summed E-state index contributed by atoms with van der Waals surface area (Å²) in [5.41, 5.74) is 4.14. The minimum atomic E-state index is -0.376.